The van der Waals surface area contributed by atoms with Gasteiger partial charge in [-0.15, -0.1) is 0 Å². The average Bonchev–Trinajstić information content (AvgIpc) is 3.14. The molecular weight excluding hydrogens is 240 g/mol. The fourth-order valence-electron chi connectivity index (χ4n) is 2.67. The van der Waals surface area contributed by atoms with E-state index < -0.39 is 0 Å². The third kappa shape index (κ3) is 2.69. The molecule has 0 aliphatic carbocycles. The van der Waals surface area contributed by atoms with Gasteiger partial charge in [0.05, 0.1) is 12.9 Å². The molecule has 3 heterocycles. The third-order valence-corrected chi connectivity index (χ3v) is 3.61. The van der Waals surface area contributed by atoms with Gasteiger partial charge in [0.25, 0.3) is 0 Å². The first-order chi connectivity index (χ1) is 9.35. The van der Waals surface area contributed by atoms with Crippen LogP contribution < -0.4 is 0 Å². The van der Waals surface area contributed by atoms with Crippen LogP contribution >= 0.6 is 0 Å². The van der Waals surface area contributed by atoms with Crippen molar-refractivity contribution in [2.45, 2.75) is 32.0 Å². The van der Waals surface area contributed by atoms with E-state index in [1.807, 2.05) is 30.9 Å². The first-order valence-electron chi connectivity index (χ1n) is 6.54. The molecule has 98 valence electrons. The Morgan fingerprint density at radius 2 is 2.42 bits per heavy atom. The molecule has 1 aliphatic rings. The van der Waals surface area contributed by atoms with Crippen molar-refractivity contribution in [2.24, 2.45) is 0 Å². The summed E-state index contributed by atoms with van der Waals surface area (Å²) < 4.78 is 7.57. The van der Waals surface area contributed by atoms with Crippen molar-refractivity contribution >= 4 is 0 Å². The zero-order valence-electron chi connectivity index (χ0n) is 10.7. The molecule has 0 unspecified atom stereocenters. The number of rotatable bonds is 4. The van der Waals surface area contributed by atoms with Crippen LogP contribution in [-0.4, -0.2) is 27.0 Å². The maximum atomic E-state index is 8.77. The lowest BCUT2D eigenvalue weighted by Crippen LogP contribution is -2.32. The SMILES string of the molecule is N#Cc1ccc(CN2CCC[C@H]2Cn2ccnc2)o1. The lowest BCUT2D eigenvalue weighted by molar-refractivity contribution is 0.207. The summed E-state index contributed by atoms with van der Waals surface area (Å²) in [6.45, 7) is 2.83. The van der Waals surface area contributed by atoms with E-state index in [-0.39, 0.29) is 0 Å². The molecule has 3 rings (SSSR count). The first kappa shape index (κ1) is 12.0. The second kappa shape index (κ2) is 5.29. The number of imidazole rings is 1. The predicted molar refractivity (Wildman–Crippen MR) is 69.1 cm³/mol. The van der Waals surface area contributed by atoms with Crippen molar-refractivity contribution in [1.29, 1.82) is 5.26 Å². The molecule has 5 heteroatoms. The lowest BCUT2D eigenvalue weighted by atomic mass is 10.2. The molecule has 2 aromatic heterocycles. The highest BCUT2D eigenvalue weighted by molar-refractivity contribution is 5.19. The molecular formula is C14H16N4O. The van der Waals surface area contributed by atoms with Crippen LogP contribution in [0.15, 0.2) is 35.3 Å². The zero-order chi connectivity index (χ0) is 13.1. The number of aromatic nitrogens is 2. The van der Waals surface area contributed by atoms with E-state index in [0.29, 0.717) is 11.8 Å². The van der Waals surface area contributed by atoms with E-state index in [1.54, 1.807) is 6.07 Å². The standard InChI is InChI=1S/C14H16N4O/c15-8-13-3-4-14(19-13)10-18-6-1-2-12(18)9-17-7-5-16-11-17/h3-5,7,11-12H,1-2,6,9-10H2/t12-/m0/s1. The van der Waals surface area contributed by atoms with Crippen LogP contribution in [0.1, 0.15) is 24.4 Å². The number of likely N-dealkylation sites (tertiary alicyclic amines) is 1. The van der Waals surface area contributed by atoms with Crippen LogP contribution in [0.2, 0.25) is 0 Å². The highest BCUT2D eigenvalue weighted by Crippen LogP contribution is 2.22. The van der Waals surface area contributed by atoms with Crippen molar-refractivity contribution in [2.75, 3.05) is 6.54 Å². The van der Waals surface area contributed by atoms with E-state index in [9.17, 15) is 0 Å². The highest BCUT2D eigenvalue weighted by atomic mass is 16.3. The third-order valence-electron chi connectivity index (χ3n) is 3.61. The second-order valence-corrected chi connectivity index (χ2v) is 4.90. The molecule has 5 nitrogen and oxygen atoms in total. The van der Waals surface area contributed by atoms with Gasteiger partial charge in [0, 0.05) is 25.0 Å². The summed E-state index contributed by atoms with van der Waals surface area (Å²) in [6.07, 6.45) is 8.08. The summed E-state index contributed by atoms with van der Waals surface area (Å²) >= 11 is 0. The predicted octanol–water partition coefficient (Wildman–Crippen LogP) is 2.01. The zero-order valence-corrected chi connectivity index (χ0v) is 10.7. The summed E-state index contributed by atoms with van der Waals surface area (Å²) in [7, 11) is 0. The second-order valence-electron chi connectivity index (χ2n) is 4.90. The molecule has 0 aromatic carbocycles. The average molecular weight is 256 g/mol. The van der Waals surface area contributed by atoms with Gasteiger partial charge in [-0.25, -0.2) is 4.98 Å². The van der Waals surface area contributed by atoms with Gasteiger partial charge in [0.15, 0.2) is 0 Å². The number of hydrogen-bond donors (Lipinski definition) is 0. The van der Waals surface area contributed by atoms with Crippen molar-refractivity contribution < 1.29 is 4.42 Å². The molecule has 1 atom stereocenters. The minimum atomic E-state index is 0.389. The van der Waals surface area contributed by atoms with E-state index in [4.69, 9.17) is 9.68 Å². The van der Waals surface area contributed by atoms with Gasteiger partial charge in [0.2, 0.25) is 5.76 Å². The van der Waals surface area contributed by atoms with Crippen LogP contribution in [0, 0.1) is 11.3 Å². The maximum absolute atomic E-state index is 8.77. The number of furan rings is 1. The van der Waals surface area contributed by atoms with Crippen LogP contribution in [-0.2, 0) is 13.1 Å². The fourth-order valence-corrected chi connectivity index (χ4v) is 2.67. The molecule has 0 bridgehead atoms. The van der Waals surface area contributed by atoms with E-state index in [1.165, 1.54) is 12.8 Å². The van der Waals surface area contributed by atoms with E-state index in [2.05, 4.69) is 14.5 Å². The van der Waals surface area contributed by atoms with Gasteiger partial charge in [-0.05, 0) is 31.5 Å². The van der Waals surface area contributed by atoms with Crippen molar-refractivity contribution in [3.05, 3.63) is 42.4 Å². The van der Waals surface area contributed by atoms with Crippen molar-refractivity contribution in [3.8, 4) is 6.07 Å². The summed E-state index contributed by atoms with van der Waals surface area (Å²) in [5, 5.41) is 8.77. The monoisotopic (exact) mass is 256 g/mol. The van der Waals surface area contributed by atoms with E-state index in [0.717, 1.165) is 25.4 Å². The number of nitrogens with zero attached hydrogens (tertiary/aromatic N) is 4. The van der Waals surface area contributed by atoms with Gasteiger partial charge in [-0.1, -0.05) is 0 Å². The van der Waals surface area contributed by atoms with Crippen LogP contribution in [0.25, 0.3) is 0 Å². The van der Waals surface area contributed by atoms with Gasteiger partial charge < -0.3 is 8.98 Å². The number of hydrogen-bond acceptors (Lipinski definition) is 4. The first-order valence-corrected chi connectivity index (χ1v) is 6.54. The summed E-state index contributed by atoms with van der Waals surface area (Å²) in [5.74, 6) is 1.26. The fraction of sp³-hybridized carbons (Fsp3) is 0.429. The van der Waals surface area contributed by atoms with Gasteiger partial charge in [0.1, 0.15) is 11.8 Å². The van der Waals surface area contributed by atoms with Crippen LogP contribution in [0.3, 0.4) is 0 Å². The topological polar surface area (TPSA) is 58.0 Å². The Bertz CT molecular complexity index is 567. The maximum Gasteiger partial charge on any atom is 0.203 e. The summed E-state index contributed by atoms with van der Waals surface area (Å²) in [4.78, 5) is 6.49. The molecule has 0 saturated carbocycles. The molecule has 0 spiro atoms. The molecule has 2 aromatic rings. The Morgan fingerprint density at radius 3 is 3.16 bits per heavy atom. The summed E-state index contributed by atoms with van der Waals surface area (Å²) in [5.41, 5.74) is 0. The van der Waals surface area contributed by atoms with Gasteiger partial charge >= 0.3 is 0 Å². The lowest BCUT2D eigenvalue weighted by Gasteiger charge is -2.23. The Hall–Kier alpha value is -2.06. The number of nitriles is 1. The van der Waals surface area contributed by atoms with Gasteiger partial charge in [-0.3, -0.25) is 4.90 Å². The molecule has 1 aliphatic heterocycles. The Kier molecular flexibility index (Phi) is 3.34. The highest BCUT2D eigenvalue weighted by Gasteiger charge is 2.25. The van der Waals surface area contributed by atoms with Crippen LogP contribution in [0.5, 0.6) is 0 Å². The smallest absolute Gasteiger partial charge is 0.203 e. The quantitative estimate of drug-likeness (QED) is 0.839. The summed E-state index contributed by atoms with van der Waals surface area (Å²) in [6, 6.07) is 6.17. The molecule has 19 heavy (non-hydrogen) atoms. The minimum absolute atomic E-state index is 0.389. The molecule has 0 radical (unpaired) electrons. The van der Waals surface area contributed by atoms with Crippen LogP contribution in [0.4, 0.5) is 0 Å². The van der Waals surface area contributed by atoms with E-state index >= 15 is 0 Å². The molecule has 0 N–H and O–H groups in total. The molecule has 0 amide bonds. The van der Waals surface area contributed by atoms with Crippen molar-refractivity contribution in [3.63, 3.8) is 0 Å². The molecule has 1 fully saturated rings. The Morgan fingerprint density at radius 1 is 1.47 bits per heavy atom. The normalized spacial score (nSPS) is 19.6. The minimum Gasteiger partial charge on any atom is -0.449 e. The Balaban J connectivity index is 1.64. The van der Waals surface area contributed by atoms with Gasteiger partial charge in [-0.2, -0.15) is 5.26 Å². The largest absolute Gasteiger partial charge is 0.449 e. The Labute approximate surface area is 112 Å². The molecule has 1 saturated heterocycles. The van der Waals surface area contributed by atoms with Crippen molar-refractivity contribution in [1.82, 2.24) is 14.5 Å².